The predicted octanol–water partition coefficient (Wildman–Crippen LogP) is 0.294. The highest BCUT2D eigenvalue weighted by Crippen LogP contribution is 2.18. The number of carbonyl (C=O) groups is 1. The molecule has 2 aliphatic rings. The van der Waals surface area contributed by atoms with E-state index in [1.807, 2.05) is 6.21 Å². The minimum atomic E-state index is -0.346. The van der Waals surface area contributed by atoms with Crippen LogP contribution in [-0.2, 0) is 4.79 Å². The van der Waals surface area contributed by atoms with Crippen LogP contribution in [0.5, 0.6) is 0 Å². The van der Waals surface area contributed by atoms with E-state index in [2.05, 4.69) is 17.0 Å². The summed E-state index contributed by atoms with van der Waals surface area (Å²) in [5.41, 5.74) is 0.575. The number of fused-ring (bicyclic) bond motifs is 1. The Labute approximate surface area is 71.0 Å². The number of hydrogen-bond donors (Lipinski definition) is 0. The van der Waals surface area contributed by atoms with Crippen molar-refractivity contribution in [3.05, 3.63) is 0 Å². The van der Waals surface area contributed by atoms with Crippen molar-refractivity contribution < 1.29 is 4.79 Å². The first kappa shape index (κ1) is 7.46. The van der Waals surface area contributed by atoms with Crippen LogP contribution in [0.25, 0.3) is 0 Å². The summed E-state index contributed by atoms with van der Waals surface area (Å²) >= 11 is 0. The molecule has 2 unspecified atom stereocenters. The maximum absolute atomic E-state index is 11.4. The second kappa shape index (κ2) is 2.40. The predicted molar refractivity (Wildman–Crippen MR) is 46.3 cm³/mol. The molecule has 0 aromatic heterocycles. The molecule has 12 heavy (non-hydrogen) atoms. The second-order valence-corrected chi connectivity index (χ2v) is 3.32. The molecule has 64 valence electrons. The SMILES string of the molecule is CC1=NN2CC(C)C=NC2C1=O. The lowest BCUT2D eigenvalue weighted by molar-refractivity contribution is -0.116. The molecule has 0 saturated carbocycles. The van der Waals surface area contributed by atoms with Gasteiger partial charge < -0.3 is 0 Å². The zero-order valence-electron chi connectivity index (χ0n) is 7.19. The Morgan fingerprint density at radius 2 is 2.42 bits per heavy atom. The normalized spacial score (nSPS) is 33.7. The molecule has 0 radical (unpaired) electrons. The fourth-order valence-corrected chi connectivity index (χ4v) is 1.47. The minimum Gasteiger partial charge on any atom is -0.288 e. The molecule has 0 saturated heterocycles. The van der Waals surface area contributed by atoms with Crippen molar-refractivity contribution >= 4 is 17.7 Å². The van der Waals surface area contributed by atoms with E-state index in [-0.39, 0.29) is 11.9 Å². The van der Waals surface area contributed by atoms with Crippen molar-refractivity contribution in [2.75, 3.05) is 6.54 Å². The summed E-state index contributed by atoms with van der Waals surface area (Å²) in [4.78, 5) is 15.5. The summed E-state index contributed by atoms with van der Waals surface area (Å²) in [6, 6.07) is 0. The van der Waals surface area contributed by atoms with Crippen LogP contribution in [-0.4, -0.2) is 35.4 Å². The molecule has 4 heteroatoms. The molecule has 0 N–H and O–H groups in total. The number of aliphatic imine (C=N–C) groups is 1. The third-order valence-corrected chi connectivity index (χ3v) is 2.11. The topological polar surface area (TPSA) is 45.0 Å². The van der Waals surface area contributed by atoms with Crippen LogP contribution in [0.15, 0.2) is 10.1 Å². The highest BCUT2D eigenvalue weighted by atomic mass is 16.1. The monoisotopic (exact) mass is 165 g/mol. The van der Waals surface area contributed by atoms with E-state index < -0.39 is 0 Å². The zero-order valence-corrected chi connectivity index (χ0v) is 7.19. The van der Waals surface area contributed by atoms with Gasteiger partial charge in [-0.2, -0.15) is 5.10 Å². The van der Waals surface area contributed by atoms with Crippen molar-refractivity contribution in [3.63, 3.8) is 0 Å². The first-order valence-corrected chi connectivity index (χ1v) is 4.08. The zero-order chi connectivity index (χ0) is 8.72. The molecule has 0 bridgehead atoms. The van der Waals surface area contributed by atoms with Crippen LogP contribution in [0.1, 0.15) is 13.8 Å². The molecule has 2 rings (SSSR count). The summed E-state index contributed by atoms with van der Waals surface area (Å²) < 4.78 is 0. The van der Waals surface area contributed by atoms with Gasteiger partial charge in [0.1, 0.15) is 5.71 Å². The van der Waals surface area contributed by atoms with Crippen LogP contribution in [0, 0.1) is 5.92 Å². The Bertz CT molecular complexity index is 282. The number of carbonyl (C=O) groups excluding carboxylic acids is 1. The van der Waals surface area contributed by atoms with E-state index in [1.54, 1.807) is 11.9 Å². The van der Waals surface area contributed by atoms with Crippen LogP contribution in [0.2, 0.25) is 0 Å². The van der Waals surface area contributed by atoms with E-state index >= 15 is 0 Å². The molecule has 2 heterocycles. The molecule has 0 aliphatic carbocycles. The molecule has 0 aromatic carbocycles. The summed E-state index contributed by atoms with van der Waals surface area (Å²) in [6.07, 6.45) is 1.49. The summed E-state index contributed by atoms with van der Waals surface area (Å²) in [6.45, 7) is 4.60. The molecular weight excluding hydrogens is 154 g/mol. The molecule has 0 spiro atoms. The first-order chi connectivity index (χ1) is 5.68. The summed E-state index contributed by atoms with van der Waals surface area (Å²) in [5.74, 6) is 0.432. The molecular formula is C8H11N3O. The number of Topliss-reactive ketones (excluding diaryl/α,β-unsaturated/α-hetero) is 1. The van der Waals surface area contributed by atoms with Crippen molar-refractivity contribution in [1.29, 1.82) is 0 Å². The van der Waals surface area contributed by atoms with Gasteiger partial charge in [-0.05, 0) is 6.92 Å². The average molecular weight is 165 g/mol. The molecule has 0 aromatic rings. The Kier molecular flexibility index (Phi) is 1.49. The van der Waals surface area contributed by atoms with Gasteiger partial charge in [0.15, 0.2) is 0 Å². The van der Waals surface area contributed by atoms with Crippen LogP contribution in [0.3, 0.4) is 0 Å². The Morgan fingerprint density at radius 1 is 1.67 bits per heavy atom. The Balaban J connectivity index is 2.28. The molecule has 2 aliphatic heterocycles. The number of ketones is 1. The molecule has 2 atom stereocenters. The molecule has 0 amide bonds. The van der Waals surface area contributed by atoms with Crippen molar-refractivity contribution in [1.82, 2.24) is 5.01 Å². The van der Waals surface area contributed by atoms with Gasteiger partial charge in [0, 0.05) is 18.7 Å². The largest absolute Gasteiger partial charge is 0.288 e. The molecule has 0 fully saturated rings. The quantitative estimate of drug-likeness (QED) is 0.518. The standard InChI is InChI=1S/C8H11N3O/c1-5-3-9-8-7(12)6(2)10-11(8)4-5/h3,5,8H,4H2,1-2H3. The highest BCUT2D eigenvalue weighted by molar-refractivity contribution is 6.42. The first-order valence-electron chi connectivity index (χ1n) is 4.08. The maximum atomic E-state index is 11.4. The van der Waals surface area contributed by atoms with Gasteiger partial charge in [-0.3, -0.25) is 14.8 Å². The lowest BCUT2D eigenvalue weighted by Crippen LogP contribution is -2.38. The van der Waals surface area contributed by atoms with E-state index in [1.165, 1.54) is 0 Å². The van der Waals surface area contributed by atoms with Crippen molar-refractivity contribution in [3.8, 4) is 0 Å². The maximum Gasteiger partial charge on any atom is 0.224 e. The van der Waals surface area contributed by atoms with E-state index in [9.17, 15) is 4.79 Å². The smallest absolute Gasteiger partial charge is 0.224 e. The van der Waals surface area contributed by atoms with Crippen LogP contribution < -0.4 is 0 Å². The number of hydrazone groups is 1. The Morgan fingerprint density at radius 3 is 3.17 bits per heavy atom. The fraction of sp³-hybridized carbons (Fsp3) is 0.625. The van der Waals surface area contributed by atoms with Gasteiger partial charge in [-0.1, -0.05) is 6.92 Å². The van der Waals surface area contributed by atoms with E-state index in [0.29, 0.717) is 11.6 Å². The number of nitrogens with zero attached hydrogens (tertiary/aromatic N) is 3. The number of rotatable bonds is 0. The van der Waals surface area contributed by atoms with Gasteiger partial charge in [-0.25, -0.2) is 0 Å². The van der Waals surface area contributed by atoms with Gasteiger partial charge in [0.2, 0.25) is 11.9 Å². The van der Waals surface area contributed by atoms with Crippen LogP contribution in [0.4, 0.5) is 0 Å². The van der Waals surface area contributed by atoms with E-state index in [0.717, 1.165) is 6.54 Å². The minimum absolute atomic E-state index is 0.0400. The molecule has 4 nitrogen and oxygen atoms in total. The Hall–Kier alpha value is -1.19. The van der Waals surface area contributed by atoms with Gasteiger partial charge in [0.25, 0.3) is 0 Å². The van der Waals surface area contributed by atoms with Gasteiger partial charge >= 0.3 is 0 Å². The van der Waals surface area contributed by atoms with Crippen molar-refractivity contribution in [2.45, 2.75) is 20.0 Å². The second-order valence-electron chi connectivity index (χ2n) is 3.32. The van der Waals surface area contributed by atoms with E-state index in [4.69, 9.17) is 0 Å². The third kappa shape index (κ3) is 0.948. The van der Waals surface area contributed by atoms with Gasteiger partial charge in [0.05, 0.1) is 0 Å². The lowest BCUT2D eigenvalue weighted by atomic mass is 10.1. The lowest BCUT2D eigenvalue weighted by Gasteiger charge is -2.25. The summed E-state index contributed by atoms with van der Waals surface area (Å²) in [5, 5.41) is 5.89. The average Bonchev–Trinajstić information content (AvgIpc) is 2.28. The summed E-state index contributed by atoms with van der Waals surface area (Å²) in [7, 11) is 0. The van der Waals surface area contributed by atoms with Crippen molar-refractivity contribution in [2.24, 2.45) is 16.0 Å². The van der Waals surface area contributed by atoms with Crippen LogP contribution >= 0.6 is 0 Å². The fourth-order valence-electron chi connectivity index (χ4n) is 1.47. The number of hydrogen-bond acceptors (Lipinski definition) is 4. The third-order valence-electron chi connectivity index (χ3n) is 2.11. The van der Waals surface area contributed by atoms with Gasteiger partial charge in [-0.15, -0.1) is 0 Å². The highest BCUT2D eigenvalue weighted by Gasteiger charge is 2.35.